The molecule has 78 valence electrons. The van der Waals surface area contributed by atoms with Crippen LogP contribution < -0.4 is 4.18 Å². The molecule has 0 fully saturated rings. The van der Waals surface area contributed by atoms with E-state index in [1.54, 1.807) is 6.07 Å². The number of benzene rings is 1. The van der Waals surface area contributed by atoms with Gasteiger partial charge in [0.15, 0.2) is 0 Å². The Morgan fingerprint density at radius 3 is 2.14 bits per heavy atom. The minimum atomic E-state index is -4.90. The molecule has 1 unspecified atom stereocenters. The van der Waals surface area contributed by atoms with Crippen molar-refractivity contribution in [2.45, 2.75) is 5.51 Å². The first-order valence-electron chi connectivity index (χ1n) is 3.39. The van der Waals surface area contributed by atoms with Crippen molar-refractivity contribution in [1.82, 2.24) is 0 Å². The zero-order chi connectivity index (χ0) is 10.8. The fourth-order valence-corrected chi connectivity index (χ4v) is 1.60. The molecule has 7 heteroatoms. The van der Waals surface area contributed by atoms with E-state index in [9.17, 15) is 17.4 Å². The number of para-hydroxylation sites is 1. The Kier molecular flexibility index (Phi) is 3.24. The van der Waals surface area contributed by atoms with E-state index in [4.69, 9.17) is 0 Å². The van der Waals surface area contributed by atoms with E-state index in [-0.39, 0.29) is 5.75 Å². The molecule has 1 aromatic rings. The Balaban J connectivity index is 2.91. The third-order valence-corrected chi connectivity index (χ3v) is 3.83. The summed E-state index contributed by atoms with van der Waals surface area (Å²) < 4.78 is 51.5. The van der Waals surface area contributed by atoms with E-state index >= 15 is 0 Å². The summed E-state index contributed by atoms with van der Waals surface area (Å²) in [7, 11) is -4.43. The fourth-order valence-electron chi connectivity index (χ4n) is 0.650. The summed E-state index contributed by atoms with van der Waals surface area (Å²) in [4.78, 5) is 0. The van der Waals surface area contributed by atoms with Gasteiger partial charge in [-0.1, -0.05) is 0 Å². The number of hydrogen-bond acceptors (Lipinski definition) is 2. The Labute approximate surface area is 86.0 Å². The van der Waals surface area contributed by atoms with Crippen LogP contribution in [-0.4, -0.2) is 24.1 Å². The molecule has 0 aliphatic heterocycles. The predicted octanol–water partition coefficient (Wildman–Crippen LogP) is 1.87. The normalized spacial score (nSPS) is 15.9. The molecule has 1 aromatic carbocycles. The summed E-state index contributed by atoms with van der Waals surface area (Å²) in [6.07, 6.45) is 0. The second-order valence-electron chi connectivity index (χ2n) is 2.30. The van der Waals surface area contributed by atoms with E-state index in [1.807, 2.05) is 0 Å². The summed E-state index contributed by atoms with van der Waals surface area (Å²) in [6, 6.07) is 7.18. The zero-order valence-electron chi connectivity index (χ0n) is 6.65. The molecule has 0 bridgehead atoms. The van der Waals surface area contributed by atoms with Crippen LogP contribution in [0.1, 0.15) is 0 Å². The number of alkyl halides is 3. The molecule has 1 atom stereocenters. The molecule has 0 spiro atoms. The second-order valence-corrected chi connectivity index (χ2v) is 6.60. The van der Waals surface area contributed by atoms with Gasteiger partial charge in [-0.2, -0.15) is 0 Å². The molecule has 0 heterocycles. The molecular weight excluding hydrogens is 284 g/mol. The molecule has 1 rings (SSSR count). The maximum atomic E-state index is 12.1. The zero-order valence-corrected chi connectivity index (χ0v) is 9.18. The van der Waals surface area contributed by atoms with E-state index in [0.717, 1.165) is 0 Å². The van der Waals surface area contributed by atoms with Gasteiger partial charge < -0.3 is 0 Å². The quantitative estimate of drug-likeness (QED) is 0.777. The van der Waals surface area contributed by atoms with Crippen molar-refractivity contribution < 1.29 is 21.6 Å². The summed E-state index contributed by atoms with van der Waals surface area (Å²) in [5.41, 5.74) is -4.90. The van der Waals surface area contributed by atoms with Crippen LogP contribution in [0.3, 0.4) is 0 Å². The van der Waals surface area contributed by atoms with Crippen molar-refractivity contribution >= 4 is 22.5 Å². The van der Waals surface area contributed by atoms with Gasteiger partial charge in [0.2, 0.25) is 0 Å². The first kappa shape index (κ1) is 11.6. The van der Waals surface area contributed by atoms with Gasteiger partial charge in [0.1, 0.15) is 0 Å². The number of hydrogen-bond donors (Lipinski definition) is 0. The van der Waals surface area contributed by atoms with Crippen LogP contribution in [0.5, 0.6) is 5.75 Å². The molecule has 0 N–H and O–H groups in total. The van der Waals surface area contributed by atoms with Crippen LogP contribution in [0.2, 0.25) is 0 Å². The Hall–Kier alpha value is -0.521. The molecule has 0 aliphatic rings. The van der Waals surface area contributed by atoms with Crippen molar-refractivity contribution in [3.05, 3.63) is 30.3 Å². The second kappa shape index (κ2) is 3.92. The van der Waals surface area contributed by atoms with Crippen LogP contribution in [0.4, 0.5) is 13.2 Å². The molecule has 2 nitrogen and oxygen atoms in total. The SMILES string of the molecule is O=S(=[Se])(Oc1ccccc1)C(F)(F)F. The predicted molar refractivity (Wildman–Crippen MR) is 47.0 cm³/mol. The van der Waals surface area contributed by atoms with E-state index in [0.29, 0.717) is 0 Å². The van der Waals surface area contributed by atoms with Gasteiger partial charge in [0, 0.05) is 0 Å². The average Bonchev–Trinajstić information content (AvgIpc) is 2.03. The molecule has 0 radical (unpaired) electrons. The van der Waals surface area contributed by atoms with Gasteiger partial charge >= 0.3 is 85.7 Å². The van der Waals surface area contributed by atoms with Crippen molar-refractivity contribution in [3.8, 4) is 5.75 Å². The maximum absolute atomic E-state index is 12.1. The molecule has 14 heavy (non-hydrogen) atoms. The first-order valence-corrected chi connectivity index (χ1v) is 6.89. The van der Waals surface area contributed by atoms with Crippen molar-refractivity contribution in [2.24, 2.45) is 0 Å². The molecule has 0 saturated heterocycles. The Morgan fingerprint density at radius 2 is 1.71 bits per heavy atom. The monoisotopic (exact) mass is 290 g/mol. The summed E-state index contributed by atoms with van der Waals surface area (Å²) in [5.74, 6) is -0.0893. The van der Waals surface area contributed by atoms with E-state index < -0.39 is 13.6 Å². The number of halogens is 3. The summed E-state index contributed by atoms with van der Waals surface area (Å²) in [6.45, 7) is 0. The molecule has 0 aromatic heterocycles. The van der Waals surface area contributed by atoms with Gasteiger partial charge in [-0.3, -0.25) is 0 Å². The summed E-state index contributed by atoms with van der Waals surface area (Å²) in [5, 5.41) is 0. The van der Waals surface area contributed by atoms with Gasteiger partial charge in [-0.25, -0.2) is 0 Å². The molecular formula is C7H5F3O2SSe. The van der Waals surface area contributed by atoms with Crippen LogP contribution in [0, 0.1) is 0 Å². The molecule has 0 aliphatic carbocycles. The standard InChI is InChI=1S/C7H5F3O2SSe/c8-7(9,10)13(11,14)12-6-4-2-1-3-5-6/h1-5H. The fraction of sp³-hybridized carbons (Fsp3) is 0.143. The Morgan fingerprint density at radius 1 is 1.21 bits per heavy atom. The summed E-state index contributed by atoms with van der Waals surface area (Å²) >= 11 is 1.52. The third-order valence-electron chi connectivity index (χ3n) is 1.23. The van der Waals surface area contributed by atoms with Crippen LogP contribution in [0.25, 0.3) is 0 Å². The first-order chi connectivity index (χ1) is 6.33. The van der Waals surface area contributed by atoms with E-state index in [2.05, 4.69) is 4.18 Å². The van der Waals surface area contributed by atoms with Crippen LogP contribution in [0.15, 0.2) is 30.3 Å². The van der Waals surface area contributed by atoms with Crippen molar-refractivity contribution in [3.63, 3.8) is 0 Å². The minimum absolute atomic E-state index is 0.0893. The van der Waals surface area contributed by atoms with Gasteiger partial charge in [-0.15, -0.1) is 0 Å². The van der Waals surface area contributed by atoms with Gasteiger partial charge in [-0.05, 0) is 0 Å². The van der Waals surface area contributed by atoms with Gasteiger partial charge in [0.05, 0.1) is 0 Å². The number of rotatable bonds is 2. The van der Waals surface area contributed by atoms with E-state index in [1.165, 1.54) is 38.6 Å². The van der Waals surface area contributed by atoms with Crippen LogP contribution in [-0.2, 0) is 8.14 Å². The average molecular weight is 289 g/mol. The van der Waals surface area contributed by atoms with Crippen molar-refractivity contribution in [1.29, 1.82) is 0 Å². The van der Waals surface area contributed by atoms with Gasteiger partial charge in [0.25, 0.3) is 0 Å². The van der Waals surface area contributed by atoms with Crippen LogP contribution >= 0.6 is 0 Å². The van der Waals surface area contributed by atoms with Crippen molar-refractivity contribution in [2.75, 3.05) is 0 Å². The Bertz CT molecular complexity index is 399. The topological polar surface area (TPSA) is 26.3 Å². The third kappa shape index (κ3) is 2.73. The molecule has 0 saturated carbocycles. The molecule has 0 amide bonds.